The van der Waals surface area contributed by atoms with Crippen LogP contribution in [-0.2, 0) is 10.0 Å². The van der Waals surface area contributed by atoms with Gasteiger partial charge in [0.05, 0.1) is 21.7 Å². The van der Waals surface area contributed by atoms with Crippen LogP contribution in [0, 0.1) is 17.7 Å². The van der Waals surface area contributed by atoms with Gasteiger partial charge in [0, 0.05) is 10.9 Å². The van der Waals surface area contributed by atoms with Crippen LogP contribution >= 0.6 is 0 Å². The van der Waals surface area contributed by atoms with Gasteiger partial charge in [-0.25, -0.2) is 17.6 Å². The number of carboxylic acids is 1. The molecule has 0 saturated heterocycles. The minimum atomic E-state index is -3.98. The molecule has 158 valence electrons. The molecular weight excluding hydrogens is 429 g/mol. The van der Waals surface area contributed by atoms with Gasteiger partial charge in [0.2, 0.25) is 0 Å². The predicted molar refractivity (Wildman–Crippen MR) is 121 cm³/mol. The zero-order valence-electron chi connectivity index (χ0n) is 16.5. The van der Waals surface area contributed by atoms with Crippen LogP contribution in [0.2, 0.25) is 0 Å². The number of aromatic carboxylic acids is 1. The average Bonchev–Trinajstić information content (AvgIpc) is 2.79. The summed E-state index contributed by atoms with van der Waals surface area (Å²) < 4.78 is 42.6. The Morgan fingerprint density at radius 1 is 0.875 bits per heavy atom. The van der Waals surface area contributed by atoms with E-state index in [1.165, 1.54) is 36.4 Å². The van der Waals surface area contributed by atoms with Crippen molar-refractivity contribution in [2.45, 2.75) is 4.90 Å². The van der Waals surface area contributed by atoms with E-state index in [9.17, 15) is 17.6 Å². The molecule has 0 unspecified atom stereocenters. The zero-order valence-corrected chi connectivity index (χ0v) is 17.4. The first kappa shape index (κ1) is 21.1. The maximum atomic E-state index is 13.9. The number of fused-ring (bicyclic) bond motifs is 1. The van der Waals surface area contributed by atoms with E-state index >= 15 is 0 Å². The number of rotatable bonds is 4. The van der Waals surface area contributed by atoms with Crippen LogP contribution < -0.4 is 4.72 Å². The normalized spacial score (nSPS) is 10.9. The first-order chi connectivity index (χ1) is 15.3. The third-order valence-corrected chi connectivity index (χ3v) is 6.16. The fourth-order valence-electron chi connectivity index (χ4n) is 3.17. The van der Waals surface area contributed by atoms with Crippen molar-refractivity contribution in [2.75, 3.05) is 4.72 Å². The van der Waals surface area contributed by atoms with Gasteiger partial charge in [0.15, 0.2) is 0 Å². The maximum absolute atomic E-state index is 13.9. The molecule has 4 aromatic carbocycles. The second-order valence-corrected chi connectivity index (χ2v) is 8.56. The van der Waals surface area contributed by atoms with E-state index in [-0.39, 0.29) is 21.7 Å². The van der Waals surface area contributed by atoms with E-state index in [1.54, 1.807) is 18.2 Å². The second kappa shape index (κ2) is 8.53. The zero-order chi connectivity index (χ0) is 22.7. The summed E-state index contributed by atoms with van der Waals surface area (Å²) in [5.41, 5.74) is 0.900. The number of hydrogen-bond donors (Lipinski definition) is 2. The van der Waals surface area contributed by atoms with Crippen LogP contribution in [0.1, 0.15) is 21.5 Å². The third-order valence-electron chi connectivity index (χ3n) is 4.74. The van der Waals surface area contributed by atoms with E-state index in [2.05, 4.69) is 16.6 Å². The van der Waals surface area contributed by atoms with Crippen LogP contribution in [0.15, 0.2) is 89.8 Å². The van der Waals surface area contributed by atoms with Crippen molar-refractivity contribution in [3.8, 4) is 11.8 Å². The Bertz CT molecular complexity index is 1500. The van der Waals surface area contributed by atoms with Gasteiger partial charge in [0.1, 0.15) is 5.82 Å². The minimum absolute atomic E-state index is 0.100. The molecule has 0 heterocycles. The number of hydrogen-bond acceptors (Lipinski definition) is 3. The average molecular weight is 445 g/mol. The molecule has 0 amide bonds. The van der Waals surface area contributed by atoms with Crippen LogP contribution in [0.4, 0.5) is 10.1 Å². The monoisotopic (exact) mass is 445 g/mol. The largest absolute Gasteiger partial charge is 0.478 e. The molecule has 7 heteroatoms. The molecule has 2 N–H and O–H groups in total. The van der Waals surface area contributed by atoms with Gasteiger partial charge in [-0.3, -0.25) is 4.72 Å². The summed E-state index contributed by atoms with van der Waals surface area (Å²) in [5, 5.41) is 10.3. The molecule has 0 spiro atoms. The molecule has 0 atom stereocenters. The summed E-state index contributed by atoms with van der Waals surface area (Å²) in [6.07, 6.45) is 0. The lowest BCUT2D eigenvalue weighted by atomic mass is 10.1. The van der Waals surface area contributed by atoms with Crippen molar-refractivity contribution in [2.24, 2.45) is 0 Å². The standard InChI is InChI=1S/C25H16FNO4S/c26-21-14-15-23(20(16-21)13-10-17-8-11-19(12-9-17)25(28)29)27-32(30,31)24-7-3-5-18-4-1-2-6-22(18)24/h1-9,11-12,14-16,27H,(H,28,29). The number of benzene rings is 4. The van der Waals surface area contributed by atoms with Gasteiger partial charge in [-0.15, -0.1) is 0 Å². The van der Waals surface area contributed by atoms with Gasteiger partial charge in [-0.1, -0.05) is 48.2 Å². The van der Waals surface area contributed by atoms with Crippen LogP contribution in [-0.4, -0.2) is 19.5 Å². The first-order valence-corrected chi connectivity index (χ1v) is 11.0. The Morgan fingerprint density at radius 2 is 1.59 bits per heavy atom. The molecule has 32 heavy (non-hydrogen) atoms. The highest BCUT2D eigenvalue weighted by atomic mass is 32.2. The molecule has 0 radical (unpaired) electrons. The number of anilines is 1. The van der Waals surface area contributed by atoms with Gasteiger partial charge >= 0.3 is 5.97 Å². The summed E-state index contributed by atoms with van der Waals surface area (Å²) >= 11 is 0. The Morgan fingerprint density at radius 3 is 2.34 bits per heavy atom. The summed E-state index contributed by atoms with van der Waals surface area (Å²) in [6, 6.07) is 21.5. The summed E-state index contributed by atoms with van der Waals surface area (Å²) in [6.45, 7) is 0. The fourth-order valence-corrected chi connectivity index (χ4v) is 4.48. The molecule has 0 aliphatic heterocycles. The van der Waals surface area contributed by atoms with Crippen molar-refractivity contribution in [3.05, 3.63) is 107 Å². The van der Waals surface area contributed by atoms with E-state index in [0.717, 1.165) is 17.5 Å². The summed E-state index contributed by atoms with van der Waals surface area (Å²) in [4.78, 5) is 11.1. The molecule has 0 aliphatic rings. The Balaban J connectivity index is 1.70. The third kappa shape index (κ3) is 4.46. The second-order valence-electron chi connectivity index (χ2n) is 6.91. The number of carbonyl (C=O) groups is 1. The highest BCUT2D eigenvalue weighted by Crippen LogP contribution is 2.26. The molecule has 0 aliphatic carbocycles. The molecule has 4 rings (SSSR count). The van der Waals surface area contributed by atoms with Crippen molar-refractivity contribution in [1.29, 1.82) is 0 Å². The molecule has 0 saturated carbocycles. The van der Waals surface area contributed by atoms with Crippen molar-refractivity contribution in [3.63, 3.8) is 0 Å². The number of sulfonamides is 1. The lowest BCUT2D eigenvalue weighted by Crippen LogP contribution is -2.14. The van der Waals surface area contributed by atoms with Crippen LogP contribution in [0.5, 0.6) is 0 Å². The molecule has 5 nitrogen and oxygen atoms in total. The lowest BCUT2D eigenvalue weighted by Gasteiger charge is -2.12. The Kier molecular flexibility index (Phi) is 5.63. The summed E-state index contributed by atoms with van der Waals surface area (Å²) in [5.74, 6) is 3.95. The predicted octanol–water partition coefficient (Wildman–Crippen LogP) is 4.88. The smallest absolute Gasteiger partial charge is 0.335 e. The van der Waals surface area contributed by atoms with E-state index in [4.69, 9.17) is 5.11 Å². The van der Waals surface area contributed by atoms with Crippen molar-refractivity contribution < 1.29 is 22.7 Å². The molecule has 0 bridgehead atoms. The molecule has 0 aromatic heterocycles. The minimum Gasteiger partial charge on any atom is -0.478 e. The number of nitrogens with one attached hydrogen (secondary N) is 1. The van der Waals surface area contributed by atoms with Gasteiger partial charge in [0.25, 0.3) is 10.0 Å². The summed E-state index contributed by atoms with van der Waals surface area (Å²) in [7, 11) is -3.98. The SMILES string of the molecule is O=C(O)c1ccc(C#Cc2cc(F)ccc2NS(=O)(=O)c2cccc3ccccc23)cc1. The number of halogens is 1. The van der Waals surface area contributed by atoms with Crippen molar-refractivity contribution in [1.82, 2.24) is 0 Å². The van der Waals surface area contributed by atoms with Crippen LogP contribution in [0.3, 0.4) is 0 Å². The van der Waals surface area contributed by atoms with E-state index in [1.807, 2.05) is 18.2 Å². The van der Waals surface area contributed by atoms with Gasteiger partial charge in [-0.05, 0) is 53.9 Å². The fraction of sp³-hybridized carbons (Fsp3) is 0. The molecule has 0 fully saturated rings. The van der Waals surface area contributed by atoms with E-state index < -0.39 is 21.8 Å². The quantitative estimate of drug-likeness (QED) is 0.439. The molecule has 4 aromatic rings. The van der Waals surface area contributed by atoms with Gasteiger partial charge in [-0.2, -0.15) is 0 Å². The Labute approximate surface area is 184 Å². The topological polar surface area (TPSA) is 83.5 Å². The highest BCUT2D eigenvalue weighted by Gasteiger charge is 2.18. The Hall–Kier alpha value is -4.15. The maximum Gasteiger partial charge on any atom is 0.335 e. The highest BCUT2D eigenvalue weighted by molar-refractivity contribution is 7.93. The first-order valence-electron chi connectivity index (χ1n) is 9.49. The lowest BCUT2D eigenvalue weighted by molar-refractivity contribution is 0.0697. The van der Waals surface area contributed by atoms with E-state index in [0.29, 0.717) is 10.9 Å². The molecular formula is C25H16FNO4S. The van der Waals surface area contributed by atoms with Crippen molar-refractivity contribution >= 4 is 32.5 Å². The van der Waals surface area contributed by atoms with Gasteiger partial charge < -0.3 is 5.11 Å². The number of carboxylic acid groups (broad SMARTS) is 1. The van der Waals surface area contributed by atoms with Crippen LogP contribution in [0.25, 0.3) is 10.8 Å².